The van der Waals surface area contributed by atoms with Crippen LogP contribution < -0.4 is 10.1 Å². The standard InChI is InChI=1S/C25H21N3O2/c29-24(26-16-15-19-7-3-1-4-8-19)21-13-11-20(12-14-21)22-17-27-25(28-18-22)30-23-9-5-2-6-10-23/h1-14,17-18H,15-16H2,(H,26,29). The molecule has 0 spiro atoms. The summed E-state index contributed by atoms with van der Waals surface area (Å²) in [5, 5.41) is 2.96. The van der Waals surface area contributed by atoms with E-state index in [9.17, 15) is 4.79 Å². The highest BCUT2D eigenvalue weighted by molar-refractivity contribution is 5.94. The molecule has 0 unspecified atom stereocenters. The minimum absolute atomic E-state index is 0.0830. The third-order valence-corrected chi connectivity index (χ3v) is 4.60. The Balaban J connectivity index is 1.34. The van der Waals surface area contributed by atoms with E-state index >= 15 is 0 Å². The minimum atomic E-state index is -0.0830. The van der Waals surface area contributed by atoms with Gasteiger partial charge in [-0.3, -0.25) is 4.79 Å². The van der Waals surface area contributed by atoms with Gasteiger partial charge in [0.1, 0.15) is 5.75 Å². The lowest BCUT2D eigenvalue weighted by molar-refractivity contribution is 0.0954. The van der Waals surface area contributed by atoms with Crippen LogP contribution in [0.25, 0.3) is 11.1 Å². The molecule has 1 amide bonds. The molecule has 0 aliphatic heterocycles. The van der Waals surface area contributed by atoms with Gasteiger partial charge in [-0.05, 0) is 41.8 Å². The predicted octanol–water partition coefficient (Wildman–Crippen LogP) is 4.91. The Bertz CT molecular complexity index is 1080. The number of amides is 1. The molecule has 148 valence electrons. The van der Waals surface area contributed by atoms with Gasteiger partial charge in [-0.15, -0.1) is 0 Å². The highest BCUT2D eigenvalue weighted by Crippen LogP contribution is 2.21. The summed E-state index contributed by atoms with van der Waals surface area (Å²) in [5.41, 5.74) is 3.61. The molecule has 0 bridgehead atoms. The van der Waals surface area contributed by atoms with E-state index < -0.39 is 0 Å². The maximum Gasteiger partial charge on any atom is 0.321 e. The highest BCUT2D eigenvalue weighted by atomic mass is 16.5. The molecule has 4 aromatic rings. The molecule has 3 aromatic carbocycles. The highest BCUT2D eigenvalue weighted by Gasteiger charge is 2.07. The van der Waals surface area contributed by atoms with E-state index in [-0.39, 0.29) is 5.91 Å². The van der Waals surface area contributed by atoms with Crippen molar-refractivity contribution in [3.8, 4) is 22.9 Å². The summed E-state index contributed by atoms with van der Waals surface area (Å²) in [7, 11) is 0. The number of hydrogen-bond acceptors (Lipinski definition) is 4. The van der Waals surface area contributed by atoms with Crippen molar-refractivity contribution < 1.29 is 9.53 Å². The number of carbonyl (C=O) groups excluding carboxylic acids is 1. The number of ether oxygens (including phenoxy) is 1. The molecule has 0 saturated heterocycles. The Hall–Kier alpha value is -3.99. The van der Waals surface area contributed by atoms with Crippen LogP contribution in [0.2, 0.25) is 0 Å². The zero-order chi connectivity index (χ0) is 20.6. The van der Waals surface area contributed by atoms with Crippen molar-refractivity contribution in [3.63, 3.8) is 0 Å². The van der Waals surface area contributed by atoms with Crippen LogP contribution in [0.4, 0.5) is 0 Å². The number of para-hydroxylation sites is 1. The van der Waals surface area contributed by atoms with Crippen LogP contribution in [-0.4, -0.2) is 22.4 Å². The van der Waals surface area contributed by atoms with Gasteiger partial charge in [0.25, 0.3) is 5.91 Å². The summed E-state index contributed by atoms with van der Waals surface area (Å²) in [5.74, 6) is 0.605. The summed E-state index contributed by atoms with van der Waals surface area (Å²) in [6.45, 7) is 0.599. The van der Waals surface area contributed by atoms with E-state index in [1.165, 1.54) is 5.56 Å². The molecule has 0 atom stereocenters. The maximum absolute atomic E-state index is 12.3. The SMILES string of the molecule is O=C(NCCc1ccccc1)c1ccc(-c2cnc(Oc3ccccc3)nc2)cc1. The molecule has 1 aromatic heterocycles. The molecule has 0 aliphatic rings. The average Bonchev–Trinajstić information content (AvgIpc) is 2.81. The average molecular weight is 395 g/mol. The topological polar surface area (TPSA) is 64.1 Å². The van der Waals surface area contributed by atoms with Crippen LogP contribution in [0.15, 0.2) is 97.3 Å². The second-order valence-corrected chi connectivity index (χ2v) is 6.74. The Labute approximate surface area is 175 Å². The molecule has 5 nitrogen and oxygen atoms in total. The number of benzene rings is 3. The second kappa shape index (κ2) is 9.47. The fraction of sp³-hybridized carbons (Fsp3) is 0.0800. The zero-order valence-electron chi connectivity index (χ0n) is 16.4. The van der Waals surface area contributed by atoms with Crippen LogP contribution in [0, 0.1) is 0 Å². The molecule has 0 fully saturated rings. The number of aromatic nitrogens is 2. The van der Waals surface area contributed by atoms with Crippen LogP contribution in [0.3, 0.4) is 0 Å². The molecule has 4 rings (SSSR count). The van der Waals surface area contributed by atoms with Crippen LogP contribution >= 0.6 is 0 Å². The van der Waals surface area contributed by atoms with Crippen molar-refractivity contribution in [1.82, 2.24) is 15.3 Å². The fourth-order valence-corrected chi connectivity index (χ4v) is 2.99. The van der Waals surface area contributed by atoms with Crippen molar-refractivity contribution in [2.75, 3.05) is 6.54 Å². The van der Waals surface area contributed by atoms with Gasteiger partial charge >= 0.3 is 6.01 Å². The third-order valence-electron chi connectivity index (χ3n) is 4.60. The number of hydrogen-bond donors (Lipinski definition) is 1. The van der Waals surface area contributed by atoms with Crippen LogP contribution in [0.1, 0.15) is 15.9 Å². The first-order valence-electron chi connectivity index (χ1n) is 9.75. The number of carbonyl (C=O) groups is 1. The maximum atomic E-state index is 12.3. The number of nitrogens with zero attached hydrogens (tertiary/aromatic N) is 2. The van der Waals surface area contributed by atoms with Gasteiger partial charge in [0, 0.05) is 30.1 Å². The lowest BCUT2D eigenvalue weighted by atomic mass is 10.1. The van der Waals surface area contributed by atoms with Gasteiger partial charge in [0.15, 0.2) is 0 Å². The largest absolute Gasteiger partial charge is 0.424 e. The first-order chi connectivity index (χ1) is 14.8. The molecule has 1 heterocycles. The van der Waals surface area contributed by atoms with Crippen LogP contribution in [0.5, 0.6) is 11.8 Å². The summed E-state index contributed by atoms with van der Waals surface area (Å²) in [4.78, 5) is 20.9. The van der Waals surface area contributed by atoms with Crippen LogP contribution in [-0.2, 0) is 6.42 Å². The molecular formula is C25H21N3O2. The smallest absolute Gasteiger partial charge is 0.321 e. The molecule has 0 saturated carbocycles. The fourth-order valence-electron chi connectivity index (χ4n) is 2.99. The first kappa shape index (κ1) is 19.3. The Morgan fingerprint density at radius 3 is 2.07 bits per heavy atom. The molecule has 30 heavy (non-hydrogen) atoms. The quantitative estimate of drug-likeness (QED) is 0.483. The second-order valence-electron chi connectivity index (χ2n) is 6.74. The van der Waals surface area contributed by atoms with E-state index in [1.807, 2.05) is 72.8 Å². The normalized spacial score (nSPS) is 10.4. The Kier molecular flexibility index (Phi) is 6.11. The summed E-state index contributed by atoms with van der Waals surface area (Å²) < 4.78 is 5.61. The van der Waals surface area contributed by atoms with Crippen molar-refractivity contribution in [3.05, 3.63) is 108 Å². The van der Waals surface area contributed by atoms with Crippen molar-refractivity contribution in [2.24, 2.45) is 0 Å². The van der Waals surface area contributed by atoms with E-state index in [0.29, 0.717) is 23.9 Å². The molecule has 1 N–H and O–H groups in total. The Morgan fingerprint density at radius 1 is 0.767 bits per heavy atom. The van der Waals surface area contributed by atoms with E-state index in [2.05, 4.69) is 27.4 Å². The molecule has 5 heteroatoms. The summed E-state index contributed by atoms with van der Waals surface area (Å²) in [6, 6.07) is 27.2. The van der Waals surface area contributed by atoms with Gasteiger partial charge in [-0.2, -0.15) is 0 Å². The molecule has 0 aliphatic carbocycles. The van der Waals surface area contributed by atoms with E-state index in [0.717, 1.165) is 17.5 Å². The first-order valence-corrected chi connectivity index (χ1v) is 9.75. The van der Waals surface area contributed by atoms with Crippen molar-refractivity contribution >= 4 is 5.91 Å². The van der Waals surface area contributed by atoms with Gasteiger partial charge in [-0.25, -0.2) is 9.97 Å². The van der Waals surface area contributed by atoms with E-state index in [1.54, 1.807) is 12.4 Å². The number of rotatable bonds is 7. The lowest BCUT2D eigenvalue weighted by Crippen LogP contribution is -2.25. The lowest BCUT2D eigenvalue weighted by Gasteiger charge is -2.07. The van der Waals surface area contributed by atoms with E-state index in [4.69, 9.17) is 4.74 Å². The van der Waals surface area contributed by atoms with Crippen molar-refractivity contribution in [1.29, 1.82) is 0 Å². The molecule has 0 radical (unpaired) electrons. The zero-order valence-corrected chi connectivity index (χ0v) is 16.4. The monoisotopic (exact) mass is 395 g/mol. The molecular weight excluding hydrogens is 374 g/mol. The predicted molar refractivity (Wildman–Crippen MR) is 116 cm³/mol. The third kappa shape index (κ3) is 5.08. The van der Waals surface area contributed by atoms with Gasteiger partial charge in [0.2, 0.25) is 0 Å². The van der Waals surface area contributed by atoms with Gasteiger partial charge in [0.05, 0.1) is 0 Å². The summed E-state index contributed by atoms with van der Waals surface area (Å²) in [6.07, 6.45) is 4.22. The van der Waals surface area contributed by atoms with Gasteiger partial charge in [-0.1, -0.05) is 60.7 Å². The van der Waals surface area contributed by atoms with Gasteiger partial charge < -0.3 is 10.1 Å². The minimum Gasteiger partial charge on any atom is -0.424 e. The number of nitrogens with one attached hydrogen (secondary N) is 1. The van der Waals surface area contributed by atoms with Crippen molar-refractivity contribution in [2.45, 2.75) is 6.42 Å². The summed E-state index contributed by atoms with van der Waals surface area (Å²) >= 11 is 0. The Morgan fingerprint density at radius 2 is 1.40 bits per heavy atom.